The Morgan fingerprint density at radius 3 is 2.81 bits per heavy atom. The summed E-state index contributed by atoms with van der Waals surface area (Å²) in [7, 11) is 1.80. The molecule has 1 aromatic carbocycles. The van der Waals surface area contributed by atoms with E-state index < -0.39 is 0 Å². The van der Waals surface area contributed by atoms with Crippen molar-refractivity contribution in [3.63, 3.8) is 0 Å². The van der Waals surface area contributed by atoms with Gasteiger partial charge < -0.3 is 10.4 Å². The highest BCUT2D eigenvalue weighted by atomic mass is 16.3. The number of hydrogen-bond acceptors (Lipinski definition) is 4. The number of aromatic nitrogens is 2. The lowest BCUT2D eigenvalue weighted by molar-refractivity contribution is 0.282. The van der Waals surface area contributed by atoms with Gasteiger partial charge >= 0.3 is 0 Å². The molecule has 1 aromatic heterocycles. The number of aliphatic hydroxyl groups excluding tert-OH is 1. The third-order valence-electron chi connectivity index (χ3n) is 2.35. The summed E-state index contributed by atoms with van der Waals surface area (Å²) in [4.78, 5) is 8.49. The van der Waals surface area contributed by atoms with Crippen LogP contribution >= 0.6 is 0 Å². The number of anilines is 1. The van der Waals surface area contributed by atoms with Gasteiger partial charge in [0.05, 0.1) is 24.7 Å². The molecule has 16 heavy (non-hydrogen) atoms. The Kier molecular flexibility index (Phi) is 3.12. The van der Waals surface area contributed by atoms with Crippen LogP contribution in [-0.2, 0) is 6.61 Å². The quantitative estimate of drug-likeness (QED) is 0.817. The summed E-state index contributed by atoms with van der Waals surface area (Å²) in [5.41, 5.74) is 2.52. The zero-order valence-electron chi connectivity index (χ0n) is 9.01. The Labute approximate surface area is 94.0 Å². The van der Waals surface area contributed by atoms with Crippen molar-refractivity contribution in [2.75, 3.05) is 12.4 Å². The lowest BCUT2D eigenvalue weighted by atomic mass is 10.1. The van der Waals surface area contributed by atoms with Crippen molar-refractivity contribution < 1.29 is 5.11 Å². The molecule has 0 fully saturated rings. The lowest BCUT2D eigenvalue weighted by Gasteiger charge is -2.07. The summed E-state index contributed by atoms with van der Waals surface area (Å²) in [6, 6.07) is 7.62. The lowest BCUT2D eigenvalue weighted by Crippen LogP contribution is -1.97. The fourth-order valence-electron chi connectivity index (χ4n) is 1.52. The van der Waals surface area contributed by atoms with Gasteiger partial charge in [-0.3, -0.25) is 4.98 Å². The Hall–Kier alpha value is -1.94. The predicted octanol–water partition coefficient (Wildman–Crippen LogP) is 1.68. The van der Waals surface area contributed by atoms with Gasteiger partial charge in [-0.05, 0) is 5.56 Å². The van der Waals surface area contributed by atoms with Crippen LogP contribution in [0.5, 0.6) is 0 Å². The second-order valence-corrected chi connectivity index (χ2v) is 3.35. The molecule has 2 aromatic rings. The van der Waals surface area contributed by atoms with Crippen LogP contribution in [0.2, 0.25) is 0 Å². The highest BCUT2D eigenvalue weighted by Gasteiger charge is 2.05. The maximum absolute atomic E-state index is 9.24. The van der Waals surface area contributed by atoms with E-state index in [1.807, 2.05) is 24.3 Å². The molecule has 0 aliphatic heterocycles. The normalized spacial score (nSPS) is 10.1. The molecule has 0 radical (unpaired) electrons. The zero-order chi connectivity index (χ0) is 11.4. The number of aliphatic hydroxyl groups is 1. The molecular weight excluding hydrogens is 202 g/mol. The van der Waals surface area contributed by atoms with Gasteiger partial charge in [-0.25, -0.2) is 4.98 Å². The van der Waals surface area contributed by atoms with Crippen LogP contribution in [0, 0.1) is 0 Å². The molecule has 1 heterocycles. The van der Waals surface area contributed by atoms with Crippen LogP contribution in [0.3, 0.4) is 0 Å². The third-order valence-corrected chi connectivity index (χ3v) is 2.35. The highest BCUT2D eigenvalue weighted by Crippen LogP contribution is 2.21. The average molecular weight is 215 g/mol. The average Bonchev–Trinajstić information content (AvgIpc) is 2.38. The fourth-order valence-corrected chi connectivity index (χ4v) is 1.52. The molecule has 0 bridgehead atoms. The molecule has 0 saturated heterocycles. The first-order chi connectivity index (χ1) is 7.85. The monoisotopic (exact) mass is 215 g/mol. The van der Waals surface area contributed by atoms with E-state index in [0.29, 0.717) is 5.82 Å². The van der Waals surface area contributed by atoms with Crippen molar-refractivity contribution in [1.82, 2.24) is 9.97 Å². The van der Waals surface area contributed by atoms with E-state index in [0.717, 1.165) is 16.8 Å². The molecule has 82 valence electrons. The van der Waals surface area contributed by atoms with Gasteiger partial charge in [-0.15, -0.1) is 0 Å². The predicted molar refractivity (Wildman–Crippen MR) is 62.9 cm³/mol. The zero-order valence-corrected chi connectivity index (χ0v) is 9.01. The molecule has 0 unspecified atom stereocenters. The summed E-state index contributed by atoms with van der Waals surface area (Å²) in [6.45, 7) is 0.00162. The van der Waals surface area contributed by atoms with E-state index in [4.69, 9.17) is 0 Å². The van der Waals surface area contributed by atoms with Crippen molar-refractivity contribution in [1.29, 1.82) is 0 Å². The van der Waals surface area contributed by atoms with Crippen molar-refractivity contribution in [3.05, 3.63) is 42.2 Å². The smallest absolute Gasteiger partial charge is 0.144 e. The van der Waals surface area contributed by atoms with Gasteiger partial charge in [0.25, 0.3) is 0 Å². The number of hydrogen-bond donors (Lipinski definition) is 2. The molecule has 0 saturated carbocycles. The molecule has 0 aliphatic rings. The Bertz CT molecular complexity index is 485. The maximum atomic E-state index is 9.24. The second-order valence-electron chi connectivity index (χ2n) is 3.35. The van der Waals surface area contributed by atoms with Crippen molar-refractivity contribution in [2.45, 2.75) is 6.61 Å². The maximum Gasteiger partial charge on any atom is 0.144 e. The highest BCUT2D eigenvalue weighted by molar-refractivity contribution is 5.63. The summed E-state index contributed by atoms with van der Waals surface area (Å²) in [5.74, 6) is 0.713. The number of nitrogens with one attached hydrogen (secondary N) is 1. The van der Waals surface area contributed by atoms with Gasteiger partial charge in [-0.2, -0.15) is 0 Å². The van der Waals surface area contributed by atoms with E-state index in [2.05, 4.69) is 15.3 Å². The largest absolute Gasteiger partial charge is 0.392 e. The minimum atomic E-state index is 0.00162. The van der Waals surface area contributed by atoms with Gasteiger partial charge in [0, 0.05) is 12.6 Å². The van der Waals surface area contributed by atoms with Crippen LogP contribution in [0.15, 0.2) is 36.7 Å². The van der Waals surface area contributed by atoms with Crippen LogP contribution in [0.1, 0.15) is 5.56 Å². The Morgan fingerprint density at radius 2 is 2.06 bits per heavy atom. The van der Waals surface area contributed by atoms with Crippen LogP contribution in [0.25, 0.3) is 11.3 Å². The van der Waals surface area contributed by atoms with Crippen LogP contribution < -0.4 is 5.32 Å². The Balaban J connectivity index is 2.49. The van der Waals surface area contributed by atoms with E-state index in [-0.39, 0.29) is 6.61 Å². The Morgan fingerprint density at radius 1 is 1.25 bits per heavy atom. The SMILES string of the molecule is CNc1cncc(-c2ccccc2CO)n1. The van der Waals surface area contributed by atoms with Gasteiger partial charge in [0.15, 0.2) is 0 Å². The van der Waals surface area contributed by atoms with E-state index >= 15 is 0 Å². The van der Waals surface area contributed by atoms with Crippen molar-refractivity contribution in [3.8, 4) is 11.3 Å². The summed E-state index contributed by atoms with van der Waals surface area (Å²) >= 11 is 0. The van der Waals surface area contributed by atoms with Crippen molar-refractivity contribution in [2.24, 2.45) is 0 Å². The summed E-state index contributed by atoms with van der Waals surface area (Å²) in [6.07, 6.45) is 3.35. The fraction of sp³-hybridized carbons (Fsp3) is 0.167. The standard InChI is InChI=1S/C12H13N3O/c1-13-12-7-14-6-11(15-12)10-5-3-2-4-9(10)8-16/h2-7,16H,8H2,1H3,(H,13,15). The third kappa shape index (κ3) is 2.01. The molecule has 2 N–H and O–H groups in total. The van der Waals surface area contributed by atoms with Gasteiger partial charge in [0.1, 0.15) is 5.82 Å². The molecule has 0 spiro atoms. The molecule has 2 rings (SSSR count). The number of rotatable bonds is 3. The minimum Gasteiger partial charge on any atom is -0.392 e. The first-order valence-electron chi connectivity index (χ1n) is 5.04. The second kappa shape index (κ2) is 4.72. The van der Waals surface area contributed by atoms with E-state index in [1.165, 1.54) is 0 Å². The van der Waals surface area contributed by atoms with Crippen LogP contribution in [-0.4, -0.2) is 22.1 Å². The first kappa shape index (κ1) is 10.6. The minimum absolute atomic E-state index is 0.00162. The topological polar surface area (TPSA) is 58.0 Å². The van der Waals surface area contributed by atoms with Crippen molar-refractivity contribution >= 4 is 5.82 Å². The number of nitrogens with zero attached hydrogens (tertiary/aromatic N) is 2. The van der Waals surface area contributed by atoms with E-state index in [1.54, 1.807) is 19.4 Å². The molecule has 0 amide bonds. The molecule has 0 aliphatic carbocycles. The van der Waals surface area contributed by atoms with Gasteiger partial charge in [-0.1, -0.05) is 24.3 Å². The molecule has 0 atom stereocenters. The molecular formula is C12H13N3O. The molecule has 4 heteroatoms. The first-order valence-corrected chi connectivity index (χ1v) is 5.04. The van der Waals surface area contributed by atoms with E-state index in [9.17, 15) is 5.11 Å². The summed E-state index contributed by atoms with van der Waals surface area (Å²) in [5, 5.41) is 12.2. The van der Waals surface area contributed by atoms with Gasteiger partial charge in [0.2, 0.25) is 0 Å². The summed E-state index contributed by atoms with van der Waals surface area (Å²) < 4.78 is 0. The van der Waals surface area contributed by atoms with Crippen LogP contribution in [0.4, 0.5) is 5.82 Å². The molecule has 4 nitrogen and oxygen atoms in total. The number of benzene rings is 1.